The van der Waals surface area contributed by atoms with E-state index >= 15 is 0 Å². The summed E-state index contributed by atoms with van der Waals surface area (Å²) in [6.45, 7) is 8.99. The number of thiophene rings is 1. The van der Waals surface area contributed by atoms with Gasteiger partial charge in [-0.3, -0.25) is 4.90 Å². The molecule has 0 fully saturated rings. The van der Waals surface area contributed by atoms with Crippen LogP contribution in [0.5, 0.6) is 0 Å². The average molecular weight is 265 g/mol. The minimum Gasteiger partial charge on any atom is -0.395 e. The molecule has 0 amide bonds. The van der Waals surface area contributed by atoms with Crippen molar-refractivity contribution in [2.24, 2.45) is 0 Å². The zero-order valence-electron chi connectivity index (χ0n) is 11.6. The Morgan fingerprint density at radius 3 is 2.83 bits per heavy atom. The number of aliphatic hydroxyl groups is 1. The van der Waals surface area contributed by atoms with E-state index in [9.17, 15) is 0 Å². The topological polar surface area (TPSA) is 23.5 Å². The third-order valence-corrected chi connectivity index (χ3v) is 3.64. The number of hydrogen-bond donors (Lipinski definition) is 1. The molecule has 0 aliphatic carbocycles. The third-order valence-electron chi connectivity index (χ3n) is 2.72. The Bertz CT molecular complexity index is 400. The highest BCUT2D eigenvalue weighted by Gasteiger charge is 2.10. The van der Waals surface area contributed by atoms with Gasteiger partial charge in [0.2, 0.25) is 0 Å². The minimum atomic E-state index is 0.140. The molecule has 1 rings (SSSR count). The fraction of sp³-hybridized carbons (Fsp3) is 0.600. The summed E-state index contributed by atoms with van der Waals surface area (Å²) in [5.74, 6) is 6.04. The van der Waals surface area contributed by atoms with Gasteiger partial charge in [0.1, 0.15) is 0 Å². The smallest absolute Gasteiger partial charge is 0.0540 e. The van der Waals surface area contributed by atoms with Crippen LogP contribution in [-0.4, -0.2) is 29.2 Å². The summed E-state index contributed by atoms with van der Waals surface area (Å²) in [7, 11) is 0. The molecular weight excluding hydrogens is 242 g/mol. The summed E-state index contributed by atoms with van der Waals surface area (Å²) in [4.78, 5) is 3.85. The van der Waals surface area contributed by atoms with Crippen molar-refractivity contribution in [1.29, 1.82) is 0 Å². The fourth-order valence-corrected chi connectivity index (χ4v) is 2.60. The second-order valence-electron chi connectivity index (χ2n) is 4.64. The molecule has 0 unspecified atom stereocenters. The van der Waals surface area contributed by atoms with Crippen LogP contribution < -0.4 is 0 Å². The van der Waals surface area contributed by atoms with Crippen molar-refractivity contribution in [3.8, 4) is 11.8 Å². The van der Waals surface area contributed by atoms with Gasteiger partial charge in [-0.15, -0.1) is 11.3 Å². The van der Waals surface area contributed by atoms with E-state index in [0.29, 0.717) is 12.5 Å². The Morgan fingerprint density at radius 1 is 1.44 bits per heavy atom. The van der Waals surface area contributed by atoms with E-state index in [-0.39, 0.29) is 6.61 Å². The van der Waals surface area contributed by atoms with Crippen molar-refractivity contribution in [3.05, 3.63) is 21.9 Å². The number of rotatable bonds is 6. The lowest BCUT2D eigenvalue weighted by molar-refractivity contribution is 0.215. The molecule has 0 saturated carbocycles. The summed E-state index contributed by atoms with van der Waals surface area (Å²) >= 11 is 1.77. The van der Waals surface area contributed by atoms with Crippen LogP contribution in [0, 0.1) is 11.8 Å². The largest absolute Gasteiger partial charge is 0.395 e. The van der Waals surface area contributed by atoms with E-state index in [1.54, 1.807) is 11.3 Å². The first-order valence-corrected chi connectivity index (χ1v) is 7.46. The van der Waals surface area contributed by atoms with Gasteiger partial charge >= 0.3 is 0 Å². The minimum absolute atomic E-state index is 0.140. The molecule has 100 valence electrons. The van der Waals surface area contributed by atoms with Crippen molar-refractivity contribution in [3.63, 3.8) is 0 Å². The van der Waals surface area contributed by atoms with Crippen LogP contribution in [0.3, 0.4) is 0 Å². The molecule has 0 bridgehead atoms. The maximum atomic E-state index is 8.68. The Balaban J connectivity index is 2.60. The van der Waals surface area contributed by atoms with Crippen LogP contribution >= 0.6 is 11.3 Å². The van der Waals surface area contributed by atoms with Crippen molar-refractivity contribution in [1.82, 2.24) is 4.90 Å². The maximum Gasteiger partial charge on any atom is 0.0540 e. The van der Waals surface area contributed by atoms with Gasteiger partial charge in [-0.05, 0) is 32.9 Å². The van der Waals surface area contributed by atoms with Gasteiger partial charge in [-0.2, -0.15) is 0 Å². The molecule has 1 N–H and O–H groups in total. The Labute approximate surface area is 115 Å². The molecule has 0 spiro atoms. The molecule has 0 radical (unpaired) electrons. The van der Waals surface area contributed by atoms with E-state index in [4.69, 9.17) is 5.11 Å². The first-order valence-electron chi connectivity index (χ1n) is 6.58. The van der Waals surface area contributed by atoms with Gasteiger partial charge in [0.15, 0.2) is 0 Å². The second-order valence-corrected chi connectivity index (χ2v) is 5.64. The molecule has 0 saturated heterocycles. The lowest BCUT2D eigenvalue weighted by atomic mass is 10.2. The molecule has 2 nitrogen and oxygen atoms in total. The molecule has 0 aromatic carbocycles. The van der Waals surface area contributed by atoms with Crippen LogP contribution in [0.4, 0.5) is 0 Å². The zero-order chi connectivity index (χ0) is 13.4. The van der Waals surface area contributed by atoms with Crippen molar-refractivity contribution >= 4 is 11.3 Å². The van der Waals surface area contributed by atoms with Crippen molar-refractivity contribution in [2.45, 2.75) is 46.2 Å². The predicted molar refractivity (Wildman–Crippen MR) is 78.7 cm³/mol. The predicted octanol–water partition coefficient (Wildman–Crippen LogP) is 3.10. The SMILES string of the molecule is CCCN(Cc1cc(C#CCCO)cs1)C(C)C. The molecule has 1 aromatic heterocycles. The quantitative estimate of drug-likeness (QED) is 0.799. The van der Waals surface area contributed by atoms with E-state index in [0.717, 1.165) is 18.7 Å². The van der Waals surface area contributed by atoms with Gasteiger partial charge in [-0.25, -0.2) is 0 Å². The first kappa shape index (κ1) is 15.2. The normalized spacial score (nSPS) is 10.8. The van der Waals surface area contributed by atoms with Crippen LogP contribution in [0.25, 0.3) is 0 Å². The third kappa shape index (κ3) is 5.22. The Hall–Kier alpha value is -0.820. The summed E-state index contributed by atoms with van der Waals surface area (Å²) in [6.07, 6.45) is 1.74. The van der Waals surface area contributed by atoms with Crippen molar-refractivity contribution in [2.75, 3.05) is 13.2 Å². The number of nitrogens with zero attached hydrogens (tertiary/aromatic N) is 1. The molecule has 0 atom stereocenters. The zero-order valence-corrected chi connectivity index (χ0v) is 12.4. The second kappa shape index (κ2) is 8.31. The summed E-state index contributed by atoms with van der Waals surface area (Å²) < 4.78 is 0. The maximum absolute atomic E-state index is 8.68. The molecule has 3 heteroatoms. The van der Waals surface area contributed by atoms with Crippen LogP contribution in [0.1, 0.15) is 44.1 Å². The summed E-state index contributed by atoms with van der Waals surface area (Å²) in [6, 6.07) is 2.75. The van der Waals surface area contributed by atoms with Gasteiger partial charge in [0.05, 0.1) is 6.61 Å². The molecule has 1 heterocycles. The molecule has 1 aromatic rings. The standard InChI is InChI=1S/C15H23NOS/c1-4-8-16(13(2)3)11-15-10-14(12-18-15)7-5-6-9-17/h10,12-13,17H,4,6,8-9,11H2,1-3H3. The number of hydrogen-bond acceptors (Lipinski definition) is 3. The summed E-state index contributed by atoms with van der Waals surface area (Å²) in [5, 5.41) is 10.8. The Kier molecular flexibility index (Phi) is 7.04. The van der Waals surface area contributed by atoms with Gasteiger partial charge in [-0.1, -0.05) is 18.8 Å². The lowest BCUT2D eigenvalue weighted by Crippen LogP contribution is -2.30. The van der Waals surface area contributed by atoms with Crippen LogP contribution in [0.15, 0.2) is 11.4 Å². The fourth-order valence-electron chi connectivity index (χ4n) is 1.76. The highest BCUT2D eigenvalue weighted by atomic mass is 32.1. The van der Waals surface area contributed by atoms with E-state index < -0.39 is 0 Å². The highest BCUT2D eigenvalue weighted by molar-refractivity contribution is 7.10. The molecule has 0 aliphatic heterocycles. The Morgan fingerprint density at radius 2 is 2.22 bits per heavy atom. The molecule has 18 heavy (non-hydrogen) atoms. The monoisotopic (exact) mass is 265 g/mol. The lowest BCUT2D eigenvalue weighted by Gasteiger charge is -2.25. The highest BCUT2D eigenvalue weighted by Crippen LogP contribution is 2.17. The van der Waals surface area contributed by atoms with Gasteiger partial charge in [0, 0.05) is 34.8 Å². The van der Waals surface area contributed by atoms with Crippen molar-refractivity contribution < 1.29 is 5.11 Å². The molecular formula is C15H23NOS. The van der Waals surface area contributed by atoms with Gasteiger partial charge in [0.25, 0.3) is 0 Å². The van der Waals surface area contributed by atoms with E-state index in [2.05, 4.69) is 49.0 Å². The van der Waals surface area contributed by atoms with E-state index in [1.807, 2.05) is 0 Å². The van der Waals surface area contributed by atoms with Crippen LogP contribution in [-0.2, 0) is 6.54 Å². The van der Waals surface area contributed by atoms with E-state index in [1.165, 1.54) is 11.3 Å². The number of aliphatic hydroxyl groups excluding tert-OH is 1. The molecule has 0 aliphatic rings. The first-order chi connectivity index (χ1) is 8.67. The average Bonchev–Trinajstić information content (AvgIpc) is 2.76. The van der Waals surface area contributed by atoms with Gasteiger partial charge < -0.3 is 5.11 Å². The summed E-state index contributed by atoms with van der Waals surface area (Å²) in [5.41, 5.74) is 1.07. The van der Waals surface area contributed by atoms with Crippen LogP contribution in [0.2, 0.25) is 0 Å².